The SMILES string of the molecule is C=Cc1cc(C(=O)Nc2ccc(C(=N)NC(=O)OC(C)OC(=O)C(C)C)cc2)c(-c2ccc(C(=O)NCC3CC3)nc2C(=O)OCOC(=O)C(N)C(C)CC)cc1OC. The number of nitrogens with one attached hydrogen (secondary N) is 4. The van der Waals surface area contributed by atoms with Crippen molar-refractivity contribution in [3.63, 3.8) is 0 Å². The van der Waals surface area contributed by atoms with Crippen LogP contribution in [0.15, 0.2) is 55.1 Å². The Hall–Kier alpha value is -6.62. The number of ether oxygens (including phenoxy) is 5. The molecule has 3 unspecified atom stereocenters. The van der Waals surface area contributed by atoms with E-state index in [2.05, 4.69) is 27.5 Å². The number of amidine groups is 1. The van der Waals surface area contributed by atoms with Crippen molar-refractivity contribution in [2.45, 2.75) is 66.2 Å². The Bertz CT molecular complexity index is 2080. The molecule has 3 amide bonds. The fourth-order valence-electron chi connectivity index (χ4n) is 5.34. The van der Waals surface area contributed by atoms with Crippen molar-refractivity contribution in [1.29, 1.82) is 5.41 Å². The number of pyridine rings is 1. The summed E-state index contributed by atoms with van der Waals surface area (Å²) in [6, 6.07) is 10.9. The lowest BCUT2D eigenvalue weighted by molar-refractivity contribution is -0.168. The Morgan fingerprint density at radius 3 is 2.24 bits per heavy atom. The molecule has 0 radical (unpaired) electrons. The summed E-state index contributed by atoms with van der Waals surface area (Å²) >= 11 is 0. The number of methoxy groups -OCH3 is 1. The number of alkyl carbamates (subject to hydrolysis) is 1. The van der Waals surface area contributed by atoms with Gasteiger partial charge < -0.3 is 40.1 Å². The Morgan fingerprint density at radius 1 is 0.932 bits per heavy atom. The first-order valence-corrected chi connectivity index (χ1v) is 19.0. The molecule has 17 nitrogen and oxygen atoms in total. The van der Waals surface area contributed by atoms with Crippen LogP contribution in [0, 0.1) is 23.2 Å². The van der Waals surface area contributed by atoms with Crippen molar-refractivity contribution < 1.29 is 52.5 Å². The summed E-state index contributed by atoms with van der Waals surface area (Å²) in [7, 11) is 1.42. The van der Waals surface area contributed by atoms with E-state index in [-0.39, 0.29) is 45.4 Å². The molecule has 314 valence electrons. The van der Waals surface area contributed by atoms with Crippen LogP contribution < -0.4 is 26.4 Å². The molecule has 0 spiro atoms. The summed E-state index contributed by atoms with van der Waals surface area (Å²) < 4.78 is 26.0. The van der Waals surface area contributed by atoms with E-state index in [0.29, 0.717) is 35.9 Å². The Balaban J connectivity index is 1.61. The van der Waals surface area contributed by atoms with Crippen LogP contribution in [-0.2, 0) is 28.5 Å². The number of amides is 3. The smallest absolute Gasteiger partial charge is 0.415 e. The van der Waals surface area contributed by atoms with Crippen molar-refractivity contribution in [2.75, 3.05) is 25.8 Å². The number of carbonyl (C=O) groups is 6. The van der Waals surface area contributed by atoms with Crippen LogP contribution in [0.3, 0.4) is 0 Å². The van der Waals surface area contributed by atoms with Gasteiger partial charge in [0.15, 0.2) is 5.69 Å². The van der Waals surface area contributed by atoms with Gasteiger partial charge in [0.25, 0.3) is 11.8 Å². The van der Waals surface area contributed by atoms with Crippen LogP contribution in [0.1, 0.15) is 96.3 Å². The summed E-state index contributed by atoms with van der Waals surface area (Å²) in [4.78, 5) is 81.8. The fourth-order valence-corrected chi connectivity index (χ4v) is 5.34. The Labute approximate surface area is 341 Å². The summed E-state index contributed by atoms with van der Waals surface area (Å²) in [6.07, 6.45) is 1.89. The summed E-state index contributed by atoms with van der Waals surface area (Å²) in [6.45, 7) is 11.8. The second kappa shape index (κ2) is 20.7. The molecular formula is C42H50N6O11. The Kier molecular flexibility index (Phi) is 15.8. The third-order valence-corrected chi connectivity index (χ3v) is 9.30. The summed E-state index contributed by atoms with van der Waals surface area (Å²) in [5.41, 5.74) is 6.81. The molecule has 3 aromatic rings. The molecule has 4 rings (SSSR count). The zero-order chi connectivity index (χ0) is 43.4. The number of nitrogens with two attached hydrogens (primary N) is 1. The molecule has 1 saturated carbocycles. The molecule has 1 fully saturated rings. The van der Waals surface area contributed by atoms with E-state index in [9.17, 15) is 28.8 Å². The average Bonchev–Trinajstić information content (AvgIpc) is 4.06. The molecular weight excluding hydrogens is 764 g/mol. The number of carbonyl (C=O) groups excluding carboxylic acids is 6. The van der Waals surface area contributed by atoms with E-state index in [4.69, 9.17) is 34.8 Å². The molecule has 59 heavy (non-hydrogen) atoms. The molecule has 6 N–H and O–H groups in total. The van der Waals surface area contributed by atoms with E-state index in [1.54, 1.807) is 20.8 Å². The van der Waals surface area contributed by atoms with Crippen molar-refractivity contribution in [3.8, 4) is 16.9 Å². The first kappa shape index (κ1) is 45.1. The van der Waals surface area contributed by atoms with Gasteiger partial charge in [-0.25, -0.2) is 14.6 Å². The number of anilines is 1. The van der Waals surface area contributed by atoms with E-state index in [0.717, 1.165) is 12.8 Å². The average molecular weight is 815 g/mol. The number of hydrogen-bond donors (Lipinski definition) is 5. The highest BCUT2D eigenvalue weighted by atomic mass is 16.7. The molecule has 0 bridgehead atoms. The van der Waals surface area contributed by atoms with Gasteiger partial charge in [0, 0.05) is 47.0 Å². The maximum absolute atomic E-state index is 14.1. The van der Waals surface area contributed by atoms with E-state index in [1.807, 2.05) is 6.92 Å². The van der Waals surface area contributed by atoms with Crippen LogP contribution in [-0.4, -0.2) is 79.4 Å². The maximum Gasteiger partial charge on any atom is 0.415 e. The molecule has 1 heterocycles. The molecule has 1 aliphatic carbocycles. The van der Waals surface area contributed by atoms with Crippen molar-refractivity contribution >= 4 is 53.4 Å². The topological polar surface area (TPSA) is 247 Å². The molecule has 1 aromatic heterocycles. The van der Waals surface area contributed by atoms with E-state index < -0.39 is 60.9 Å². The van der Waals surface area contributed by atoms with Gasteiger partial charge in [-0.15, -0.1) is 0 Å². The first-order valence-electron chi connectivity index (χ1n) is 19.0. The minimum absolute atomic E-state index is 0.0435. The minimum atomic E-state index is -1.19. The molecule has 0 saturated heterocycles. The van der Waals surface area contributed by atoms with Crippen LogP contribution >= 0.6 is 0 Å². The van der Waals surface area contributed by atoms with Gasteiger partial charge in [0.1, 0.15) is 23.3 Å². The molecule has 0 aliphatic heterocycles. The van der Waals surface area contributed by atoms with Crippen molar-refractivity contribution in [1.82, 2.24) is 15.6 Å². The zero-order valence-corrected chi connectivity index (χ0v) is 33.8. The third kappa shape index (κ3) is 12.4. The highest BCUT2D eigenvalue weighted by Gasteiger charge is 2.28. The molecule has 17 heteroatoms. The second-order valence-corrected chi connectivity index (χ2v) is 14.1. The minimum Gasteiger partial charge on any atom is -0.496 e. The van der Waals surface area contributed by atoms with Crippen molar-refractivity contribution in [3.05, 3.63) is 83.2 Å². The van der Waals surface area contributed by atoms with Gasteiger partial charge in [-0.3, -0.25) is 29.9 Å². The largest absolute Gasteiger partial charge is 0.496 e. The van der Waals surface area contributed by atoms with Crippen LogP contribution in [0.2, 0.25) is 0 Å². The maximum atomic E-state index is 14.1. The quantitative estimate of drug-likeness (QED) is 0.0467. The predicted octanol–water partition coefficient (Wildman–Crippen LogP) is 5.42. The van der Waals surface area contributed by atoms with Gasteiger partial charge in [0.05, 0.1) is 13.0 Å². The monoisotopic (exact) mass is 814 g/mol. The van der Waals surface area contributed by atoms with E-state index >= 15 is 0 Å². The fraction of sp³-hybridized carbons (Fsp3) is 0.381. The normalized spacial score (nSPS) is 13.5. The number of hydrogen-bond acceptors (Lipinski definition) is 14. The number of aromatic nitrogens is 1. The highest BCUT2D eigenvalue weighted by molar-refractivity contribution is 6.11. The predicted molar refractivity (Wildman–Crippen MR) is 216 cm³/mol. The standard InChI is InChI=1S/C42H50N6O11/c1-8-23(5)34(43)40(52)56-21-57-41(53)35-29(16-17-32(47-35)38(50)45-20-25-10-11-25)30-19-33(55-7)26(9-2)18-31(30)37(49)46-28-14-12-27(13-15-28)36(44)48-42(54)59-24(6)58-39(51)22(3)4/h9,12-19,22-25,34H,2,8,10-11,20-21,43H2,1,3-7H3,(H,45,50)(H,46,49)(H2,44,48,54). The third-order valence-electron chi connectivity index (χ3n) is 9.30. The number of benzene rings is 2. The zero-order valence-electron chi connectivity index (χ0n) is 33.8. The van der Waals surface area contributed by atoms with Gasteiger partial charge in [0.2, 0.25) is 13.1 Å². The van der Waals surface area contributed by atoms with E-state index in [1.165, 1.54) is 68.6 Å². The van der Waals surface area contributed by atoms with Gasteiger partial charge in [-0.1, -0.05) is 46.8 Å². The van der Waals surface area contributed by atoms with Gasteiger partial charge in [-0.05, 0) is 73.2 Å². The molecule has 1 aliphatic rings. The molecule has 2 aromatic carbocycles. The summed E-state index contributed by atoms with van der Waals surface area (Å²) in [5.74, 6) is -3.81. The number of rotatable bonds is 18. The van der Waals surface area contributed by atoms with Crippen LogP contribution in [0.5, 0.6) is 5.75 Å². The Morgan fingerprint density at radius 2 is 1.63 bits per heavy atom. The lowest BCUT2D eigenvalue weighted by Gasteiger charge is -2.18. The molecule has 3 atom stereocenters. The lowest BCUT2D eigenvalue weighted by Crippen LogP contribution is -2.38. The van der Waals surface area contributed by atoms with Gasteiger partial charge >= 0.3 is 24.0 Å². The first-order chi connectivity index (χ1) is 28.1. The summed E-state index contributed by atoms with van der Waals surface area (Å²) in [5, 5.41) is 16.1. The van der Waals surface area contributed by atoms with Gasteiger partial charge in [-0.2, -0.15) is 0 Å². The lowest BCUT2D eigenvalue weighted by atomic mass is 9.94. The highest BCUT2D eigenvalue weighted by Crippen LogP contribution is 2.35. The van der Waals surface area contributed by atoms with Crippen molar-refractivity contribution in [2.24, 2.45) is 23.5 Å². The second-order valence-electron chi connectivity index (χ2n) is 14.1. The van der Waals surface area contributed by atoms with Crippen LogP contribution in [0.25, 0.3) is 17.2 Å². The van der Waals surface area contributed by atoms with Crippen LogP contribution in [0.4, 0.5) is 10.5 Å². The number of esters is 3. The number of nitrogens with zero attached hydrogens (tertiary/aromatic N) is 1.